The van der Waals surface area contributed by atoms with Gasteiger partial charge in [-0.25, -0.2) is 8.78 Å². The van der Waals surface area contributed by atoms with Crippen LogP contribution in [0.3, 0.4) is 0 Å². The standard InChI is InChI=1S/C14H19F2N/c1-11-5-4-6-12(9-11)14(15,16)13(10-17)7-2-3-8-13/h4-6,9H,2-3,7-8,10,17H2,1H3. The molecule has 1 nitrogen and oxygen atoms in total. The van der Waals surface area contributed by atoms with Crippen LogP contribution in [0.4, 0.5) is 8.78 Å². The fraction of sp³-hybridized carbons (Fsp3) is 0.571. The number of rotatable bonds is 3. The van der Waals surface area contributed by atoms with Crippen molar-refractivity contribution in [3.8, 4) is 0 Å². The fourth-order valence-electron chi connectivity index (χ4n) is 2.84. The second-order valence-corrected chi connectivity index (χ2v) is 5.14. The van der Waals surface area contributed by atoms with Gasteiger partial charge in [0.1, 0.15) is 0 Å². The Balaban J connectivity index is 2.40. The first-order chi connectivity index (χ1) is 8.02. The van der Waals surface area contributed by atoms with Gasteiger partial charge < -0.3 is 5.73 Å². The maximum Gasteiger partial charge on any atom is 0.279 e. The number of hydrogen-bond donors (Lipinski definition) is 1. The van der Waals surface area contributed by atoms with Gasteiger partial charge in [-0.15, -0.1) is 0 Å². The molecule has 0 unspecified atom stereocenters. The van der Waals surface area contributed by atoms with Gasteiger partial charge in [-0.2, -0.15) is 0 Å². The Bertz CT molecular complexity index is 395. The molecule has 0 spiro atoms. The molecule has 2 rings (SSSR count). The minimum absolute atomic E-state index is 0.0634. The summed E-state index contributed by atoms with van der Waals surface area (Å²) >= 11 is 0. The smallest absolute Gasteiger partial charge is 0.279 e. The highest BCUT2D eigenvalue weighted by molar-refractivity contribution is 5.28. The van der Waals surface area contributed by atoms with Crippen molar-refractivity contribution in [3.63, 3.8) is 0 Å². The van der Waals surface area contributed by atoms with Crippen LogP contribution in [0.1, 0.15) is 36.8 Å². The number of halogens is 2. The third-order valence-electron chi connectivity index (χ3n) is 4.00. The van der Waals surface area contributed by atoms with Crippen LogP contribution in [-0.2, 0) is 5.92 Å². The van der Waals surface area contributed by atoms with Crippen LogP contribution in [0.5, 0.6) is 0 Å². The van der Waals surface area contributed by atoms with Gasteiger partial charge in [0, 0.05) is 12.1 Å². The summed E-state index contributed by atoms with van der Waals surface area (Å²) in [5.74, 6) is -2.82. The van der Waals surface area contributed by atoms with Crippen LogP contribution in [0.25, 0.3) is 0 Å². The van der Waals surface area contributed by atoms with Gasteiger partial charge in [-0.05, 0) is 19.8 Å². The van der Waals surface area contributed by atoms with Crippen LogP contribution in [-0.4, -0.2) is 6.54 Å². The summed E-state index contributed by atoms with van der Waals surface area (Å²) in [6, 6.07) is 6.62. The van der Waals surface area contributed by atoms with Crippen LogP contribution in [0.15, 0.2) is 24.3 Å². The predicted octanol–water partition coefficient (Wildman–Crippen LogP) is 3.61. The minimum atomic E-state index is -2.82. The summed E-state index contributed by atoms with van der Waals surface area (Å²) in [6.45, 7) is 1.90. The van der Waals surface area contributed by atoms with E-state index >= 15 is 0 Å². The molecule has 1 aliphatic rings. The van der Waals surface area contributed by atoms with E-state index in [0.717, 1.165) is 18.4 Å². The molecule has 1 saturated carbocycles. The van der Waals surface area contributed by atoms with E-state index in [1.54, 1.807) is 12.1 Å². The third-order valence-corrected chi connectivity index (χ3v) is 4.00. The Morgan fingerprint density at radius 1 is 1.29 bits per heavy atom. The molecule has 94 valence electrons. The molecule has 0 atom stereocenters. The third kappa shape index (κ3) is 1.97. The number of nitrogens with two attached hydrogens (primary N) is 1. The SMILES string of the molecule is Cc1cccc(C(F)(F)C2(CN)CCCC2)c1. The molecule has 0 aliphatic heterocycles. The lowest BCUT2D eigenvalue weighted by molar-refractivity contribution is -0.124. The lowest BCUT2D eigenvalue weighted by atomic mass is 9.76. The molecule has 1 aromatic carbocycles. The molecule has 17 heavy (non-hydrogen) atoms. The molecule has 3 heteroatoms. The van der Waals surface area contributed by atoms with Crippen LogP contribution in [0.2, 0.25) is 0 Å². The van der Waals surface area contributed by atoms with E-state index in [9.17, 15) is 8.78 Å². The highest BCUT2D eigenvalue weighted by Crippen LogP contribution is 2.54. The monoisotopic (exact) mass is 239 g/mol. The summed E-state index contributed by atoms with van der Waals surface area (Å²) < 4.78 is 29.2. The van der Waals surface area contributed by atoms with Crippen molar-refractivity contribution in [2.45, 2.75) is 38.5 Å². The van der Waals surface area contributed by atoms with Gasteiger partial charge in [0.25, 0.3) is 5.92 Å². The number of aryl methyl sites for hydroxylation is 1. The van der Waals surface area contributed by atoms with Crippen molar-refractivity contribution in [2.75, 3.05) is 6.54 Å². The second-order valence-electron chi connectivity index (χ2n) is 5.14. The molecule has 1 aliphatic carbocycles. The van der Waals surface area contributed by atoms with Gasteiger partial charge in [-0.3, -0.25) is 0 Å². The van der Waals surface area contributed by atoms with E-state index < -0.39 is 11.3 Å². The molecule has 0 aromatic heterocycles. The number of alkyl halides is 2. The maximum absolute atomic E-state index is 14.6. The topological polar surface area (TPSA) is 26.0 Å². The average Bonchev–Trinajstić information content (AvgIpc) is 2.79. The highest BCUT2D eigenvalue weighted by atomic mass is 19.3. The van der Waals surface area contributed by atoms with Gasteiger partial charge in [-0.1, -0.05) is 42.7 Å². The molecule has 0 bridgehead atoms. The summed E-state index contributed by atoms with van der Waals surface area (Å²) in [7, 11) is 0. The molecule has 0 radical (unpaired) electrons. The van der Waals surface area contributed by atoms with Crippen molar-refractivity contribution in [3.05, 3.63) is 35.4 Å². The summed E-state index contributed by atoms with van der Waals surface area (Å²) in [6.07, 6.45) is 2.78. The van der Waals surface area contributed by atoms with Crippen molar-refractivity contribution >= 4 is 0 Å². The quantitative estimate of drug-likeness (QED) is 0.856. The highest BCUT2D eigenvalue weighted by Gasteiger charge is 2.54. The Morgan fingerprint density at radius 3 is 2.47 bits per heavy atom. The first kappa shape index (κ1) is 12.5. The molecule has 0 amide bonds. The predicted molar refractivity (Wildman–Crippen MR) is 65.0 cm³/mol. The molecule has 2 N–H and O–H groups in total. The first-order valence-electron chi connectivity index (χ1n) is 6.17. The van der Waals surface area contributed by atoms with Crippen molar-refractivity contribution < 1.29 is 8.78 Å². The van der Waals surface area contributed by atoms with E-state index in [-0.39, 0.29) is 12.1 Å². The minimum Gasteiger partial charge on any atom is -0.330 e. The Morgan fingerprint density at radius 2 is 1.94 bits per heavy atom. The Kier molecular flexibility index (Phi) is 3.21. The maximum atomic E-state index is 14.6. The largest absolute Gasteiger partial charge is 0.330 e. The van der Waals surface area contributed by atoms with Crippen molar-refractivity contribution in [1.29, 1.82) is 0 Å². The zero-order valence-electron chi connectivity index (χ0n) is 10.2. The fourth-order valence-corrected chi connectivity index (χ4v) is 2.84. The molecular formula is C14H19F2N. The Hall–Kier alpha value is -0.960. The van der Waals surface area contributed by atoms with E-state index in [0.29, 0.717) is 12.8 Å². The van der Waals surface area contributed by atoms with E-state index in [1.165, 1.54) is 6.07 Å². The van der Waals surface area contributed by atoms with E-state index in [1.807, 2.05) is 13.0 Å². The lowest BCUT2D eigenvalue weighted by Crippen LogP contribution is -2.43. The summed E-state index contributed by atoms with van der Waals surface area (Å²) in [5, 5.41) is 0. The molecule has 0 saturated heterocycles. The summed E-state index contributed by atoms with van der Waals surface area (Å²) in [5.41, 5.74) is 5.61. The van der Waals surface area contributed by atoms with Gasteiger partial charge >= 0.3 is 0 Å². The molecule has 1 fully saturated rings. The van der Waals surface area contributed by atoms with Crippen LogP contribution in [0, 0.1) is 12.3 Å². The number of hydrogen-bond acceptors (Lipinski definition) is 1. The second kappa shape index (κ2) is 4.37. The zero-order chi connectivity index (χ0) is 12.5. The zero-order valence-corrected chi connectivity index (χ0v) is 10.2. The lowest BCUT2D eigenvalue weighted by Gasteiger charge is -2.36. The van der Waals surface area contributed by atoms with E-state index in [4.69, 9.17) is 5.73 Å². The van der Waals surface area contributed by atoms with Crippen LogP contribution < -0.4 is 5.73 Å². The van der Waals surface area contributed by atoms with Crippen molar-refractivity contribution in [1.82, 2.24) is 0 Å². The van der Waals surface area contributed by atoms with Gasteiger partial charge in [0.15, 0.2) is 0 Å². The Labute approximate surface area is 101 Å². The molecule has 1 aromatic rings. The molecular weight excluding hydrogens is 220 g/mol. The van der Waals surface area contributed by atoms with Crippen LogP contribution >= 0.6 is 0 Å². The first-order valence-corrected chi connectivity index (χ1v) is 6.17. The normalized spacial score (nSPS) is 19.5. The van der Waals surface area contributed by atoms with Crippen molar-refractivity contribution in [2.24, 2.45) is 11.1 Å². The number of benzene rings is 1. The molecule has 0 heterocycles. The summed E-state index contributed by atoms with van der Waals surface area (Å²) in [4.78, 5) is 0. The van der Waals surface area contributed by atoms with Gasteiger partial charge in [0.05, 0.1) is 5.41 Å². The average molecular weight is 239 g/mol. The van der Waals surface area contributed by atoms with Gasteiger partial charge in [0.2, 0.25) is 0 Å². The van der Waals surface area contributed by atoms with E-state index in [2.05, 4.69) is 0 Å².